The van der Waals surface area contributed by atoms with Crippen molar-refractivity contribution in [2.24, 2.45) is 5.92 Å². The minimum Gasteiger partial charge on any atom is -0.299 e. The van der Waals surface area contributed by atoms with Crippen LogP contribution in [0.5, 0.6) is 0 Å². The lowest BCUT2D eigenvalue weighted by molar-refractivity contribution is 0.132. The fourth-order valence-electron chi connectivity index (χ4n) is 3.00. The fourth-order valence-corrected chi connectivity index (χ4v) is 3.64. The molecule has 1 saturated carbocycles. The van der Waals surface area contributed by atoms with Gasteiger partial charge in [0.15, 0.2) is 0 Å². The van der Waals surface area contributed by atoms with Crippen LogP contribution in [0.1, 0.15) is 51.9 Å². The Morgan fingerprint density at radius 1 is 1.00 bits per heavy atom. The van der Waals surface area contributed by atoms with Gasteiger partial charge < -0.3 is 0 Å². The summed E-state index contributed by atoms with van der Waals surface area (Å²) in [5.41, 5.74) is 0. The maximum atomic E-state index is 3.84. The third-order valence-corrected chi connectivity index (χ3v) is 5.43. The molecule has 2 rings (SSSR count). The van der Waals surface area contributed by atoms with Crippen molar-refractivity contribution in [1.29, 1.82) is 0 Å². The molecule has 0 amide bonds. The monoisotopic (exact) mass is 273 g/mol. The molecule has 2 aliphatic rings. The molecule has 2 heteroatoms. The van der Waals surface area contributed by atoms with Gasteiger partial charge in [0.25, 0.3) is 0 Å². The third kappa shape index (κ3) is 3.20. The summed E-state index contributed by atoms with van der Waals surface area (Å²) >= 11 is 3.84. The molecule has 2 unspecified atom stereocenters. The van der Waals surface area contributed by atoms with E-state index in [0.717, 1.165) is 16.8 Å². The van der Waals surface area contributed by atoms with Gasteiger partial charge in [0.05, 0.1) is 0 Å². The second-order valence-corrected chi connectivity index (χ2v) is 6.60. The molecule has 0 bridgehead atoms. The van der Waals surface area contributed by atoms with Gasteiger partial charge in [0, 0.05) is 17.4 Å². The summed E-state index contributed by atoms with van der Waals surface area (Å²) in [6.45, 7) is 5.00. The molecule has 0 aromatic heterocycles. The van der Waals surface area contributed by atoms with E-state index in [1.807, 2.05) is 0 Å². The highest BCUT2D eigenvalue weighted by atomic mass is 79.9. The van der Waals surface area contributed by atoms with Crippen molar-refractivity contribution < 1.29 is 0 Å². The number of piperidine rings is 1. The number of halogens is 1. The highest BCUT2D eigenvalue weighted by Gasteiger charge is 2.28. The Morgan fingerprint density at radius 2 is 1.67 bits per heavy atom. The highest BCUT2D eigenvalue weighted by molar-refractivity contribution is 9.09. The van der Waals surface area contributed by atoms with Gasteiger partial charge >= 0.3 is 0 Å². The normalized spacial score (nSPS) is 36.4. The second-order valence-electron chi connectivity index (χ2n) is 5.42. The van der Waals surface area contributed by atoms with Crippen molar-refractivity contribution in [2.75, 3.05) is 13.1 Å². The molecule has 1 aliphatic heterocycles. The summed E-state index contributed by atoms with van der Waals surface area (Å²) in [7, 11) is 0. The van der Waals surface area contributed by atoms with E-state index < -0.39 is 0 Å². The predicted octanol–water partition coefficient (Wildman–Crippen LogP) is 3.81. The molecule has 0 aromatic carbocycles. The number of alkyl halides is 1. The fraction of sp³-hybridized carbons (Fsp3) is 1.00. The highest BCUT2D eigenvalue weighted by Crippen LogP contribution is 2.29. The molecule has 1 aliphatic carbocycles. The van der Waals surface area contributed by atoms with Gasteiger partial charge in [-0.2, -0.15) is 0 Å². The molecule has 0 radical (unpaired) electrons. The second kappa shape index (κ2) is 5.67. The minimum atomic E-state index is 0.731. The molecular weight excluding hydrogens is 250 g/mol. The van der Waals surface area contributed by atoms with Crippen molar-refractivity contribution in [3.8, 4) is 0 Å². The predicted molar refractivity (Wildman–Crippen MR) is 69.6 cm³/mol. The maximum absolute atomic E-state index is 3.84. The Balaban J connectivity index is 1.86. The molecular formula is C13H24BrN. The Kier molecular flexibility index (Phi) is 4.51. The lowest BCUT2D eigenvalue weighted by Gasteiger charge is -2.39. The molecule has 1 nitrogen and oxygen atoms in total. The first-order valence-electron chi connectivity index (χ1n) is 6.65. The van der Waals surface area contributed by atoms with Crippen LogP contribution >= 0.6 is 15.9 Å². The van der Waals surface area contributed by atoms with Crippen molar-refractivity contribution in [3.05, 3.63) is 0 Å². The van der Waals surface area contributed by atoms with E-state index in [1.165, 1.54) is 58.0 Å². The largest absolute Gasteiger partial charge is 0.299 e. The van der Waals surface area contributed by atoms with Gasteiger partial charge in [-0.05, 0) is 31.7 Å². The SMILES string of the molecule is CC1CCN(C2CCCCCC2)CC1Br. The van der Waals surface area contributed by atoms with Crippen LogP contribution in [0.2, 0.25) is 0 Å². The molecule has 2 atom stereocenters. The zero-order chi connectivity index (χ0) is 10.7. The van der Waals surface area contributed by atoms with Gasteiger partial charge in [0.1, 0.15) is 0 Å². The van der Waals surface area contributed by atoms with E-state index in [2.05, 4.69) is 27.8 Å². The van der Waals surface area contributed by atoms with E-state index in [4.69, 9.17) is 0 Å². The molecule has 88 valence electrons. The van der Waals surface area contributed by atoms with Crippen molar-refractivity contribution in [1.82, 2.24) is 4.90 Å². The summed E-state index contributed by atoms with van der Waals surface area (Å²) in [5, 5.41) is 0. The van der Waals surface area contributed by atoms with E-state index >= 15 is 0 Å². The van der Waals surface area contributed by atoms with Gasteiger partial charge in [0.2, 0.25) is 0 Å². The maximum Gasteiger partial charge on any atom is 0.0299 e. The van der Waals surface area contributed by atoms with Crippen LogP contribution in [0.15, 0.2) is 0 Å². The van der Waals surface area contributed by atoms with Crippen molar-refractivity contribution in [2.45, 2.75) is 62.7 Å². The lowest BCUT2D eigenvalue weighted by atomic mass is 9.96. The Morgan fingerprint density at radius 3 is 2.27 bits per heavy atom. The molecule has 0 N–H and O–H groups in total. The minimum absolute atomic E-state index is 0.731. The van der Waals surface area contributed by atoms with Crippen molar-refractivity contribution >= 4 is 15.9 Å². The average Bonchev–Trinajstić information content (AvgIpc) is 2.50. The lowest BCUT2D eigenvalue weighted by Crippen LogP contribution is -2.45. The van der Waals surface area contributed by atoms with Crippen molar-refractivity contribution in [3.63, 3.8) is 0 Å². The summed E-state index contributed by atoms with van der Waals surface area (Å²) < 4.78 is 0. The topological polar surface area (TPSA) is 3.24 Å². The van der Waals surface area contributed by atoms with E-state index in [9.17, 15) is 0 Å². The van der Waals surface area contributed by atoms with Crippen LogP contribution in [0.4, 0.5) is 0 Å². The molecule has 1 saturated heterocycles. The van der Waals surface area contributed by atoms with Crippen LogP contribution in [0.3, 0.4) is 0 Å². The van der Waals surface area contributed by atoms with Gasteiger partial charge in [-0.3, -0.25) is 4.90 Å². The molecule has 0 spiro atoms. The summed E-state index contributed by atoms with van der Waals surface area (Å²) in [6.07, 6.45) is 10.2. The smallest absolute Gasteiger partial charge is 0.0299 e. The number of nitrogens with zero attached hydrogens (tertiary/aromatic N) is 1. The van der Waals surface area contributed by atoms with E-state index in [0.29, 0.717) is 0 Å². The van der Waals surface area contributed by atoms with Gasteiger partial charge in [-0.25, -0.2) is 0 Å². The molecule has 2 fully saturated rings. The summed E-state index contributed by atoms with van der Waals surface area (Å²) in [5.74, 6) is 0.868. The first kappa shape index (κ1) is 11.9. The Hall–Kier alpha value is 0.440. The quantitative estimate of drug-likeness (QED) is 0.519. The summed E-state index contributed by atoms with van der Waals surface area (Å²) in [4.78, 5) is 3.49. The average molecular weight is 274 g/mol. The molecule has 0 aromatic rings. The van der Waals surface area contributed by atoms with Crippen LogP contribution in [0, 0.1) is 5.92 Å². The standard InChI is InChI=1S/C13H24BrN/c1-11-8-9-15(10-13(11)14)12-6-4-2-3-5-7-12/h11-13H,2-10H2,1H3. The summed E-state index contributed by atoms with van der Waals surface area (Å²) in [6, 6.07) is 0.903. The van der Waals surface area contributed by atoms with Crippen LogP contribution in [-0.4, -0.2) is 28.9 Å². The zero-order valence-corrected chi connectivity index (χ0v) is 11.5. The number of hydrogen-bond acceptors (Lipinski definition) is 1. The van der Waals surface area contributed by atoms with E-state index in [1.54, 1.807) is 0 Å². The van der Waals surface area contributed by atoms with Gasteiger partial charge in [-0.15, -0.1) is 0 Å². The molecule has 15 heavy (non-hydrogen) atoms. The third-order valence-electron chi connectivity index (χ3n) is 4.24. The number of likely N-dealkylation sites (tertiary alicyclic amines) is 1. The van der Waals surface area contributed by atoms with Gasteiger partial charge in [-0.1, -0.05) is 48.5 Å². The zero-order valence-electron chi connectivity index (χ0n) is 9.92. The Labute approximate surface area is 103 Å². The molecule has 1 heterocycles. The van der Waals surface area contributed by atoms with Crippen LogP contribution in [-0.2, 0) is 0 Å². The van der Waals surface area contributed by atoms with Crippen LogP contribution in [0.25, 0.3) is 0 Å². The number of hydrogen-bond donors (Lipinski definition) is 0. The van der Waals surface area contributed by atoms with Crippen LogP contribution < -0.4 is 0 Å². The van der Waals surface area contributed by atoms with E-state index in [-0.39, 0.29) is 0 Å². The Bertz CT molecular complexity index is 187. The first-order valence-corrected chi connectivity index (χ1v) is 7.57. The first-order chi connectivity index (χ1) is 7.27. The number of rotatable bonds is 1.